The summed E-state index contributed by atoms with van der Waals surface area (Å²) in [5, 5.41) is 9.70. The Balaban J connectivity index is 1.63. The van der Waals surface area contributed by atoms with Crippen molar-refractivity contribution < 1.29 is 5.11 Å². The molecule has 2 fully saturated rings. The number of hydrogen-bond donors (Lipinski definition) is 1. The maximum atomic E-state index is 9.70. The van der Waals surface area contributed by atoms with Crippen LogP contribution >= 0.6 is 22.6 Å². The van der Waals surface area contributed by atoms with Crippen molar-refractivity contribution in [2.45, 2.75) is 44.6 Å². The SMILES string of the molecule is OC(C=CI)C1CC(CC2CCC2)C1. The van der Waals surface area contributed by atoms with Crippen LogP contribution in [0, 0.1) is 17.8 Å². The van der Waals surface area contributed by atoms with Crippen LogP contribution in [0.4, 0.5) is 0 Å². The average Bonchev–Trinajstić information content (AvgIpc) is 1.98. The van der Waals surface area contributed by atoms with Gasteiger partial charge >= 0.3 is 0 Å². The van der Waals surface area contributed by atoms with Gasteiger partial charge in [0.1, 0.15) is 0 Å². The van der Waals surface area contributed by atoms with E-state index < -0.39 is 0 Å². The first kappa shape index (κ1) is 10.9. The molecule has 2 aliphatic rings. The maximum Gasteiger partial charge on any atom is 0.0756 e. The predicted molar refractivity (Wildman–Crippen MR) is 67.3 cm³/mol. The Morgan fingerprint density at radius 2 is 2.00 bits per heavy atom. The van der Waals surface area contributed by atoms with E-state index in [1.54, 1.807) is 0 Å². The smallest absolute Gasteiger partial charge is 0.0756 e. The van der Waals surface area contributed by atoms with Gasteiger partial charge < -0.3 is 5.11 Å². The molecule has 0 heterocycles. The summed E-state index contributed by atoms with van der Waals surface area (Å²) in [5.41, 5.74) is 0. The number of aliphatic hydroxyl groups is 1. The van der Waals surface area contributed by atoms with Crippen molar-refractivity contribution in [3.63, 3.8) is 0 Å². The lowest BCUT2D eigenvalue weighted by Gasteiger charge is -2.41. The molecular formula is C12H19IO. The zero-order chi connectivity index (χ0) is 9.97. The molecule has 1 nitrogen and oxygen atoms in total. The van der Waals surface area contributed by atoms with E-state index >= 15 is 0 Å². The Bertz CT molecular complexity index is 204. The van der Waals surface area contributed by atoms with Gasteiger partial charge in [0, 0.05) is 0 Å². The number of halogens is 1. The lowest BCUT2D eigenvalue weighted by atomic mass is 9.66. The van der Waals surface area contributed by atoms with Crippen molar-refractivity contribution in [1.29, 1.82) is 0 Å². The molecule has 2 rings (SSSR count). The van der Waals surface area contributed by atoms with Gasteiger partial charge in [-0.1, -0.05) is 41.9 Å². The summed E-state index contributed by atoms with van der Waals surface area (Å²) in [7, 11) is 0. The highest BCUT2D eigenvalue weighted by Gasteiger charge is 2.35. The van der Waals surface area contributed by atoms with Crippen LogP contribution < -0.4 is 0 Å². The molecule has 2 saturated carbocycles. The summed E-state index contributed by atoms with van der Waals surface area (Å²) in [6.07, 6.45) is 10.1. The zero-order valence-corrected chi connectivity index (χ0v) is 10.7. The van der Waals surface area contributed by atoms with Crippen molar-refractivity contribution >= 4 is 22.6 Å². The van der Waals surface area contributed by atoms with Crippen LogP contribution in [0.2, 0.25) is 0 Å². The molecular weight excluding hydrogens is 287 g/mol. The van der Waals surface area contributed by atoms with Crippen molar-refractivity contribution in [2.75, 3.05) is 0 Å². The third-order valence-corrected chi connectivity index (χ3v) is 4.33. The predicted octanol–water partition coefficient (Wildman–Crippen LogP) is 3.51. The van der Waals surface area contributed by atoms with Crippen molar-refractivity contribution in [3.05, 3.63) is 10.2 Å². The van der Waals surface area contributed by atoms with Crippen LogP contribution in [0.1, 0.15) is 38.5 Å². The summed E-state index contributed by atoms with van der Waals surface area (Å²) < 4.78 is 1.93. The van der Waals surface area contributed by atoms with Crippen LogP contribution in [0.3, 0.4) is 0 Å². The van der Waals surface area contributed by atoms with E-state index in [4.69, 9.17) is 0 Å². The molecule has 0 aromatic carbocycles. The molecule has 0 aromatic heterocycles. The second-order valence-corrected chi connectivity index (χ2v) is 5.66. The second-order valence-electron chi connectivity index (χ2n) is 4.94. The number of rotatable bonds is 4. The number of hydrogen-bond acceptors (Lipinski definition) is 1. The first-order chi connectivity index (χ1) is 6.79. The Morgan fingerprint density at radius 1 is 1.29 bits per heavy atom. The molecule has 0 saturated heterocycles. The van der Waals surface area contributed by atoms with Gasteiger partial charge in [-0.15, -0.1) is 0 Å². The van der Waals surface area contributed by atoms with E-state index in [9.17, 15) is 5.11 Å². The van der Waals surface area contributed by atoms with Crippen LogP contribution in [0.25, 0.3) is 0 Å². The van der Waals surface area contributed by atoms with Crippen molar-refractivity contribution in [2.24, 2.45) is 17.8 Å². The largest absolute Gasteiger partial charge is 0.389 e. The van der Waals surface area contributed by atoms with Gasteiger partial charge in [0.25, 0.3) is 0 Å². The first-order valence-electron chi connectivity index (χ1n) is 5.74. The molecule has 0 radical (unpaired) electrons. The molecule has 80 valence electrons. The molecule has 0 bridgehead atoms. The molecule has 1 atom stereocenters. The van der Waals surface area contributed by atoms with E-state index in [2.05, 4.69) is 22.6 Å². The summed E-state index contributed by atoms with van der Waals surface area (Å²) in [4.78, 5) is 0. The summed E-state index contributed by atoms with van der Waals surface area (Å²) in [5.74, 6) is 2.53. The van der Waals surface area contributed by atoms with Gasteiger partial charge in [-0.3, -0.25) is 0 Å². The minimum Gasteiger partial charge on any atom is -0.389 e. The minimum atomic E-state index is -0.176. The van der Waals surface area contributed by atoms with Crippen LogP contribution in [-0.4, -0.2) is 11.2 Å². The third-order valence-electron chi connectivity index (χ3n) is 3.92. The topological polar surface area (TPSA) is 20.2 Å². The molecule has 1 N–H and O–H groups in total. The standard InChI is InChI=1S/C12H19IO/c13-5-4-12(14)11-7-10(8-11)6-9-2-1-3-9/h4-5,9-12,14H,1-3,6-8H2. The monoisotopic (exact) mass is 306 g/mol. The molecule has 0 aromatic rings. The fraction of sp³-hybridized carbons (Fsp3) is 0.833. The van der Waals surface area contributed by atoms with E-state index in [0.29, 0.717) is 5.92 Å². The van der Waals surface area contributed by atoms with Crippen molar-refractivity contribution in [3.8, 4) is 0 Å². The molecule has 1 unspecified atom stereocenters. The Kier molecular flexibility index (Phi) is 3.88. The highest BCUT2D eigenvalue weighted by molar-refractivity contribution is 14.1. The summed E-state index contributed by atoms with van der Waals surface area (Å²) in [6.45, 7) is 0. The lowest BCUT2D eigenvalue weighted by Crippen LogP contribution is -2.34. The molecule has 0 amide bonds. The lowest BCUT2D eigenvalue weighted by molar-refractivity contribution is 0.0409. The molecule has 2 aliphatic carbocycles. The van der Waals surface area contributed by atoms with Crippen LogP contribution in [-0.2, 0) is 0 Å². The highest BCUT2D eigenvalue weighted by atomic mass is 127. The van der Waals surface area contributed by atoms with E-state index in [0.717, 1.165) is 11.8 Å². The Hall–Kier alpha value is 0.430. The first-order valence-corrected chi connectivity index (χ1v) is 6.99. The fourth-order valence-corrected chi connectivity index (χ4v) is 3.12. The van der Waals surface area contributed by atoms with E-state index in [1.807, 2.05) is 10.2 Å². The Morgan fingerprint density at radius 3 is 2.50 bits per heavy atom. The highest BCUT2D eigenvalue weighted by Crippen LogP contribution is 2.44. The maximum absolute atomic E-state index is 9.70. The minimum absolute atomic E-state index is 0.176. The fourth-order valence-electron chi connectivity index (χ4n) is 2.69. The number of aliphatic hydroxyl groups excluding tert-OH is 1. The van der Waals surface area contributed by atoms with Gasteiger partial charge in [0.05, 0.1) is 6.10 Å². The second kappa shape index (κ2) is 4.97. The van der Waals surface area contributed by atoms with Gasteiger partial charge in [0.2, 0.25) is 0 Å². The van der Waals surface area contributed by atoms with Crippen molar-refractivity contribution in [1.82, 2.24) is 0 Å². The normalized spacial score (nSPS) is 35.3. The van der Waals surface area contributed by atoms with Gasteiger partial charge in [-0.2, -0.15) is 0 Å². The molecule has 2 heteroatoms. The average molecular weight is 306 g/mol. The van der Waals surface area contributed by atoms with Gasteiger partial charge in [-0.25, -0.2) is 0 Å². The summed E-state index contributed by atoms with van der Waals surface area (Å²) >= 11 is 2.18. The quantitative estimate of drug-likeness (QED) is 0.788. The van der Waals surface area contributed by atoms with Gasteiger partial charge in [0.15, 0.2) is 0 Å². The van der Waals surface area contributed by atoms with E-state index in [1.165, 1.54) is 38.5 Å². The molecule has 0 aliphatic heterocycles. The van der Waals surface area contributed by atoms with Crippen LogP contribution in [0.15, 0.2) is 10.2 Å². The Labute approximate surface area is 100 Å². The van der Waals surface area contributed by atoms with E-state index in [-0.39, 0.29) is 6.10 Å². The summed E-state index contributed by atoms with van der Waals surface area (Å²) in [6, 6.07) is 0. The van der Waals surface area contributed by atoms with Crippen LogP contribution in [0.5, 0.6) is 0 Å². The molecule has 0 spiro atoms. The zero-order valence-electron chi connectivity index (χ0n) is 8.53. The van der Waals surface area contributed by atoms with Gasteiger partial charge in [-0.05, 0) is 47.2 Å². The molecule has 14 heavy (non-hydrogen) atoms. The third kappa shape index (κ3) is 2.51.